The standard InChI is InChI=1S/C33H41N3O7.C22H22N2O4.C11H21NO4.CH4/c1-9-16-41-20-14-15-23-22-12-10-11-13-24(22)27(25(23)17-20)35-43-21-18-26(30(38)40-8)36(19-21)29(37)28(32(2,3)4)34-31(39)42-33(5,6)7;1-3-10-27-14-8-9-17-16-6-4-5-7-18(16)21(19(17)11-14)24-28-15-12-20(23-13-15)22(25)26-2;1-10(2,3)7(8(13)14)12-9(15)16-11(4,5)6;/h9-15,17,21,26,28H,1,16,18-19H2,2-8H3,(H,34,39);3-9,11,15,20,23H,1,10,12-13H2,2H3;7H,1-6H3,(H,12,15)(H,13,14);1H4/t21-,26+,28-;15-,20+;7-;/m111./s1. The molecule has 8 rings (SSSR count). The molecule has 0 unspecified atom stereocenters. The van der Waals surface area contributed by atoms with Crippen molar-refractivity contribution >= 4 is 47.4 Å². The van der Waals surface area contributed by atoms with E-state index in [9.17, 15) is 28.8 Å². The number of rotatable bonds is 16. The molecule has 2 fully saturated rings. The van der Waals surface area contributed by atoms with Crippen molar-refractivity contribution in [1.29, 1.82) is 0 Å². The minimum absolute atomic E-state index is 0. The summed E-state index contributed by atoms with van der Waals surface area (Å²) in [5, 5.41) is 26.2. The molecule has 4 N–H and O–H groups in total. The zero-order chi connectivity index (χ0) is 64.2. The molecule has 2 aliphatic carbocycles. The van der Waals surface area contributed by atoms with Gasteiger partial charge in [-0.05, 0) is 111 Å². The maximum absolute atomic E-state index is 13.9. The average Bonchev–Trinajstić information content (AvgIpc) is 2.03. The highest BCUT2D eigenvalue weighted by molar-refractivity contribution is 6.25. The van der Waals surface area contributed by atoms with Crippen LogP contribution in [0.3, 0.4) is 0 Å². The smallest absolute Gasteiger partial charge is 0.408 e. The van der Waals surface area contributed by atoms with E-state index >= 15 is 0 Å². The summed E-state index contributed by atoms with van der Waals surface area (Å²) >= 11 is 0. The Morgan fingerprint density at radius 2 is 1.02 bits per heavy atom. The number of nitrogens with zero attached hydrogens (tertiary/aromatic N) is 3. The molecule has 2 heterocycles. The Balaban J connectivity index is 0.000000268. The van der Waals surface area contributed by atoms with Gasteiger partial charge in [-0.15, -0.1) is 0 Å². The van der Waals surface area contributed by atoms with E-state index in [0.717, 1.165) is 56.0 Å². The number of amides is 3. The first-order valence-electron chi connectivity index (χ1n) is 28.7. The Bertz CT molecular complexity index is 3240. The molecule has 476 valence electrons. The Hall–Kier alpha value is -8.72. The number of likely N-dealkylation sites (tertiary alicyclic amines) is 1. The van der Waals surface area contributed by atoms with Crippen LogP contribution in [-0.4, -0.2) is 146 Å². The summed E-state index contributed by atoms with van der Waals surface area (Å²) in [7, 11) is 2.66. The van der Waals surface area contributed by atoms with E-state index in [-0.39, 0.29) is 38.5 Å². The van der Waals surface area contributed by atoms with Crippen molar-refractivity contribution < 1.29 is 72.0 Å². The molecule has 88 heavy (non-hydrogen) atoms. The number of hydrogen-bond donors (Lipinski definition) is 4. The number of benzene rings is 4. The lowest BCUT2D eigenvalue weighted by Gasteiger charge is -2.35. The topological polar surface area (TPSA) is 261 Å². The molecule has 0 aromatic heterocycles. The molecule has 0 saturated carbocycles. The van der Waals surface area contributed by atoms with Gasteiger partial charge in [0.2, 0.25) is 5.91 Å². The van der Waals surface area contributed by atoms with Gasteiger partial charge in [-0.3, -0.25) is 9.59 Å². The van der Waals surface area contributed by atoms with Crippen LogP contribution >= 0.6 is 0 Å². The molecule has 2 saturated heterocycles. The van der Waals surface area contributed by atoms with Crippen LogP contribution in [0, 0.1) is 10.8 Å². The molecule has 4 aromatic rings. The fourth-order valence-electron chi connectivity index (χ4n) is 9.88. The summed E-state index contributed by atoms with van der Waals surface area (Å²) in [4.78, 5) is 86.7. The van der Waals surface area contributed by atoms with E-state index in [4.69, 9.17) is 43.2 Å². The van der Waals surface area contributed by atoms with E-state index in [1.165, 1.54) is 19.1 Å². The first-order chi connectivity index (χ1) is 40.9. The SMILES string of the molecule is C.C=CCOc1ccc2c(c1)C(=NO[C@@H]1C[C@@H](C(=O)OC)N(C(=O)[C@@H](NC(=O)OC(C)(C)C)C(C)(C)C)C1)c1ccccc1-2.C=CCOc1ccc2c(c1)C(=NO[C@H]1CN[C@H](C(=O)OC)C1)c1ccccc1-2.CC(C)(C)OC(=O)N[C@H](C(=O)O)C(C)(C)C. The Labute approximate surface area is 517 Å². The van der Waals surface area contributed by atoms with Crippen molar-refractivity contribution in [1.82, 2.24) is 20.9 Å². The van der Waals surface area contributed by atoms with E-state index < -0.39 is 76.3 Å². The number of esters is 2. The molecule has 3 amide bonds. The van der Waals surface area contributed by atoms with E-state index in [1.807, 2.05) is 99.6 Å². The van der Waals surface area contributed by atoms with Gasteiger partial charge in [-0.2, -0.15) is 0 Å². The summed E-state index contributed by atoms with van der Waals surface area (Å²) in [5.74, 6) is -0.927. The molecular weight excluding hydrogens is 1130 g/mol. The molecule has 6 atom stereocenters. The number of hydrogen-bond acceptors (Lipinski definition) is 17. The highest BCUT2D eigenvalue weighted by Gasteiger charge is 2.47. The lowest BCUT2D eigenvalue weighted by Crippen LogP contribution is -2.57. The van der Waals surface area contributed by atoms with Crippen LogP contribution < -0.4 is 25.4 Å². The van der Waals surface area contributed by atoms with Crippen LogP contribution in [0.25, 0.3) is 22.3 Å². The molecular formula is C67H88N6O15. The van der Waals surface area contributed by atoms with Crippen molar-refractivity contribution in [3.63, 3.8) is 0 Å². The summed E-state index contributed by atoms with van der Waals surface area (Å²) in [6, 6.07) is 24.6. The number of carbonyl (C=O) groups is 6. The van der Waals surface area contributed by atoms with Crippen molar-refractivity contribution in [2.45, 2.75) is 151 Å². The minimum Gasteiger partial charge on any atom is -0.490 e. The highest BCUT2D eigenvalue weighted by atomic mass is 16.6. The lowest BCUT2D eigenvalue weighted by molar-refractivity contribution is -0.152. The number of aliphatic carboxylic acids is 1. The first kappa shape index (κ1) is 70.0. The number of carbonyl (C=O) groups excluding carboxylic acids is 5. The highest BCUT2D eigenvalue weighted by Crippen LogP contribution is 2.41. The number of methoxy groups -OCH3 is 2. The van der Waals surface area contributed by atoms with Crippen molar-refractivity contribution in [3.05, 3.63) is 132 Å². The predicted molar refractivity (Wildman–Crippen MR) is 336 cm³/mol. The summed E-state index contributed by atoms with van der Waals surface area (Å²) < 4.78 is 31.7. The van der Waals surface area contributed by atoms with Gasteiger partial charge < -0.3 is 64.1 Å². The molecule has 0 radical (unpaired) electrons. The number of nitrogens with one attached hydrogen (secondary N) is 3. The maximum atomic E-state index is 13.9. The normalized spacial score (nSPS) is 18.7. The Morgan fingerprint density at radius 1 is 0.602 bits per heavy atom. The number of carboxylic acid groups (broad SMARTS) is 1. The number of fused-ring (bicyclic) bond motifs is 6. The summed E-state index contributed by atoms with van der Waals surface area (Å²) in [6.07, 6.45) is 1.88. The van der Waals surface area contributed by atoms with Gasteiger partial charge in [0.15, 0.2) is 0 Å². The Morgan fingerprint density at radius 3 is 1.43 bits per heavy atom. The fourth-order valence-corrected chi connectivity index (χ4v) is 9.88. The second-order valence-electron chi connectivity index (χ2n) is 25.3. The second-order valence-corrected chi connectivity index (χ2v) is 25.3. The zero-order valence-corrected chi connectivity index (χ0v) is 52.4. The van der Waals surface area contributed by atoms with Gasteiger partial charge in [-0.1, -0.05) is 133 Å². The van der Waals surface area contributed by atoms with Crippen molar-refractivity contribution in [2.24, 2.45) is 21.1 Å². The van der Waals surface area contributed by atoms with Crippen molar-refractivity contribution in [3.8, 4) is 33.8 Å². The van der Waals surface area contributed by atoms with Gasteiger partial charge >= 0.3 is 30.1 Å². The second kappa shape index (κ2) is 29.8. The molecule has 0 spiro atoms. The largest absolute Gasteiger partial charge is 0.490 e. The fraction of sp³-hybridized carbons (Fsp3) is 0.463. The zero-order valence-electron chi connectivity index (χ0n) is 52.4. The van der Waals surface area contributed by atoms with Crippen LogP contribution in [0.15, 0.2) is 121 Å². The van der Waals surface area contributed by atoms with E-state index in [1.54, 1.807) is 74.5 Å². The number of oxime groups is 2. The van der Waals surface area contributed by atoms with Gasteiger partial charge in [0.1, 0.15) is 83.7 Å². The first-order valence-corrected chi connectivity index (χ1v) is 28.7. The van der Waals surface area contributed by atoms with Crippen LogP contribution in [-0.2, 0) is 47.8 Å². The summed E-state index contributed by atoms with van der Waals surface area (Å²) in [5.41, 5.74) is 6.77. The van der Waals surface area contributed by atoms with Gasteiger partial charge in [-0.25, -0.2) is 19.2 Å². The monoisotopic (exact) mass is 1220 g/mol. The molecule has 21 nitrogen and oxygen atoms in total. The predicted octanol–water partition coefficient (Wildman–Crippen LogP) is 10.6. The quantitative estimate of drug-likeness (QED) is 0.0304. The summed E-state index contributed by atoms with van der Waals surface area (Å²) in [6.45, 7) is 29.9. The lowest BCUT2D eigenvalue weighted by atomic mass is 9.85. The van der Waals surface area contributed by atoms with Crippen LogP contribution in [0.2, 0.25) is 0 Å². The molecule has 2 aliphatic heterocycles. The number of alkyl carbamates (subject to hydrolysis) is 2. The maximum Gasteiger partial charge on any atom is 0.408 e. The van der Waals surface area contributed by atoms with Crippen LogP contribution in [0.5, 0.6) is 11.5 Å². The molecule has 0 bridgehead atoms. The molecule has 4 aliphatic rings. The van der Waals surface area contributed by atoms with Crippen LogP contribution in [0.4, 0.5) is 9.59 Å². The van der Waals surface area contributed by atoms with Gasteiger partial charge in [0, 0.05) is 41.6 Å². The third kappa shape index (κ3) is 18.4. The van der Waals surface area contributed by atoms with Crippen molar-refractivity contribution in [2.75, 3.05) is 40.5 Å². The average molecular weight is 1220 g/mol. The van der Waals surface area contributed by atoms with E-state index in [0.29, 0.717) is 37.6 Å². The number of ether oxygens (including phenoxy) is 6. The third-order valence-electron chi connectivity index (χ3n) is 13.9. The van der Waals surface area contributed by atoms with E-state index in [2.05, 4.69) is 45.5 Å². The Kier molecular flexibility index (Phi) is 23.7. The third-order valence-corrected chi connectivity index (χ3v) is 13.9. The molecule has 21 heteroatoms. The van der Waals surface area contributed by atoms with Gasteiger partial charge in [0.05, 0.1) is 20.8 Å². The minimum atomic E-state index is -1.07. The van der Waals surface area contributed by atoms with Crippen LogP contribution in [0.1, 0.15) is 126 Å². The molecule has 4 aromatic carbocycles. The number of carboxylic acids is 1. The van der Waals surface area contributed by atoms with Gasteiger partial charge in [0.25, 0.3) is 0 Å².